The Kier molecular flexibility index (Phi) is 3.80. The first kappa shape index (κ1) is 13.5. The molecule has 1 amide bonds. The standard InChI is InChI=1S/C13H14FN3OS/c1-8-12(19-7-16-8)6-17(2)13(18)9-3-4-10(14)11(15)5-9/h3-5,7H,6,15H2,1-2H3. The maximum atomic E-state index is 13.1. The molecule has 1 aromatic carbocycles. The number of hydrogen-bond acceptors (Lipinski definition) is 4. The maximum absolute atomic E-state index is 13.1. The van der Waals surface area contributed by atoms with E-state index in [1.54, 1.807) is 17.5 Å². The lowest BCUT2D eigenvalue weighted by Crippen LogP contribution is -2.26. The minimum atomic E-state index is -0.516. The van der Waals surface area contributed by atoms with Gasteiger partial charge in [-0.3, -0.25) is 4.79 Å². The second-order valence-electron chi connectivity index (χ2n) is 4.26. The van der Waals surface area contributed by atoms with E-state index in [4.69, 9.17) is 5.73 Å². The van der Waals surface area contributed by atoms with Gasteiger partial charge in [0.1, 0.15) is 5.82 Å². The van der Waals surface area contributed by atoms with Gasteiger partial charge in [0.15, 0.2) is 0 Å². The molecule has 0 aliphatic carbocycles. The van der Waals surface area contributed by atoms with E-state index in [0.717, 1.165) is 10.6 Å². The fraction of sp³-hybridized carbons (Fsp3) is 0.231. The van der Waals surface area contributed by atoms with Crippen molar-refractivity contribution in [3.05, 3.63) is 45.7 Å². The Labute approximate surface area is 114 Å². The summed E-state index contributed by atoms with van der Waals surface area (Å²) in [5.41, 5.74) is 8.49. The van der Waals surface area contributed by atoms with Crippen molar-refractivity contribution < 1.29 is 9.18 Å². The summed E-state index contributed by atoms with van der Waals surface area (Å²) in [6.07, 6.45) is 0. The van der Waals surface area contributed by atoms with E-state index in [1.807, 2.05) is 6.92 Å². The number of hydrogen-bond donors (Lipinski definition) is 1. The summed E-state index contributed by atoms with van der Waals surface area (Å²) >= 11 is 1.51. The molecular weight excluding hydrogens is 265 g/mol. The van der Waals surface area contributed by atoms with Crippen LogP contribution in [0, 0.1) is 12.7 Å². The largest absolute Gasteiger partial charge is 0.396 e. The molecule has 0 radical (unpaired) electrons. The molecule has 0 fully saturated rings. The Morgan fingerprint density at radius 3 is 2.84 bits per heavy atom. The number of aromatic nitrogens is 1. The van der Waals surface area contributed by atoms with Crippen LogP contribution in [0.25, 0.3) is 0 Å². The van der Waals surface area contributed by atoms with Crippen LogP contribution in [0.4, 0.5) is 10.1 Å². The number of nitrogens with zero attached hydrogens (tertiary/aromatic N) is 2. The molecule has 2 rings (SSSR count). The van der Waals surface area contributed by atoms with E-state index in [-0.39, 0.29) is 11.6 Å². The predicted octanol–water partition coefficient (Wildman–Crippen LogP) is 2.45. The number of anilines is 1. The smallest absolute Gasteiger partial charge is 0.254 e. The van der Waals surface area contributed by atoms with Crippen molar-refractivity contribution >= 4 is 22.9 Å². The van der Waals surface area contributed by atoms with Crippen LogP contribution < -0.4 is 5.73 Å². The zero-order chi connectivity index (χ0) is 14.0. The zero-order valence-corrected chi connectivity index (χ0v) is 11.5. The Balaban J connectivity index is 2.15. The number of aryl methyl sites for hydroxylation is 1. The summed E-state index contributed by atoms with van der Waals surface area (Å²) in [5, 5.41) is 0. The summed E-state index contributed by atoms with van der Waals surface area (Å²) in [4.78, 5) is 18.9. The lowest BCUT2D eigenvalue weighted by molar-refractivity contribution is 0.0786. The van der Waals surface area contributed by atoms with Crippen LogP contribution in [-0.4, -0.2) is 22.8 Å². The van der Waals surface area contributed by atoms with Crippen molar-refractivity contribution in [2.24, 2.45) is 0 Å². The van der Waals surface area contributed by atoms with Gasteiger partial charge in [-0.05, 0) is 25.1 Å². The molecule has 100 valence electrons. The Bertz CT molecular complexity index is 612. The van der Waals surface area contributed by atoms with E-state index in [2.05, 4.69) is 4.98 Å². The molecular formula is C13H14FN3OS. The van der Waals surface area contributed by atoms with E-state index in [0.29, 0.717) is 12.1 Å². The molecule has 4 nitrogen and oxygen atoms in total. The van der Waals surface area contributed by atoms with Crippen LogP contribution in [-0.2, 0) is 6.54 Å². The monoisotopic (exact) mass is 279 g/mol. The van der Waals surface area contributed by atoms with Crippen LogP contribution >= 0.6 is 11.3 Å². The Morgan fingerprint density at radius 2 is 2.26 bits per heavy atom. The lowest BCUT2D eigenvalue weighted by atomic mass is 10.1. The van der Waals surface area contributed by atoms with Gasteiger partial charge in [0.05, 0.1) is 23.4 Å². The van der Waals surface area contributed by atoms with Gasteiger partial charge in [-0.2, -0.15) is 0 Å². The van der Waals surface area contributed by atoms with Crippen molar-refractivity contribution in [3.8, 4) is 0 Å². The minimum absolute atomic E-state index is 0.0202. The molecule has 0 spiro atoms. The second-order valence-corrected chi connectivity index (χ2v) is 5.20. The van der Waals surface area contributed by atoms with E-state index < -0.39 is 5.82 Å². The third-order valence-corrected chi connectivity index (χ3v) is 3.74. The van der Waals surface area contributed by atoms with Gasteiger partial charge in [0, 0.05) is 17.5 Å². The molecule has 6 heteroatoms. The van der Waals surface area contributed by atoms with Gasteiger partial charge >= 0.3 is 0 Å². The molecule has 0 saturated carbocycles. The first-order valence-electron chi connectivity index (χ1n) is 5.68. The predicted molar refractivity (Wildman–Crippen MR) is 73.5 cm³/mol. The third kappa shape index (κ3) is 2.90. The molecule has 0 bridgehead atoms. The number of thiazole rings is 1. The van der Waals surface area contributed by atoms with E-state index in [1.165, 1.54) is 29.5 Å². The molecule has 1 heterocycles. The highest BCUT2D eigenvalue weighted by Gasteiger charge is 2.15. The normalized spacial score (nSPS) is 10.5. The summed E-state index contributed by atoms with van der Waals surface area (Å²) in [6.45, 7) is 2.38. The highest BCUT2D eigenvalue weighted by atomic mass is 32.1. The summed E-state index contributed by atoms with van der Waals surface area (Å²) < 4.78 is 13.1. The number of carbonyl (C=O) groups excluding carboxylic acids is 1. The van der Waals surface area contributed by atoms with Gasteiger partial charge in [-0.1, -0.05) is 0 Å². The number of nitrogens with two attached hydrogens (primary N) is 1. The van der Waals surface area contributed by atoms with Crippen molar-refractivity contribution in [1.82, 2.24) is 9.88 Å². The molecule has 0 saturated heterocycles. The second kappa shape index (κ2) is 5.36. The zero-order valence-electron chi connectivity index (χ0n) is 10.7. The van der Waals surface area contributed by atoms with Gasteiger partial charge in [-0.15, -0.1) is 11.3 Å². The van der Waals surface area contributed by atoms with Crippen LogP contribution in [0.15, 0.2) is 23.7 Å². The number of halogens is 1. The van der Waals surface area contributed by atoms with E-state index in [9.17, 15) is 9.18 Å². The molecule has 0 aliphatic rings. The summed E-state index contributed by atoms with van der Waals surface area (Å²) in [6, 6.07) is 3.99. The van der Waals surface area contributed by atoms with Crippen LogP contribution in [0.1, 0.15) is 20.9 Å². The Morgan fingerprint density at radius 1 is 1.53 bits per heavy atom. The highest BCUT2D eigenvalue weighted by molar-refractivity contribution is 7.09. The van der Waals surface area contributed by atoms with Gasteiger partial charge in [0.2, 0.25) is 0 Å². The average molecular weight is 279 g/mol. The SMILES string of the molecule is Cc1ncsc1CN(C)C(=O)c1ccc(F)c(N)c1. The van der Waals surface area contributed by atoms with Gasteiger partial charge < -0.3 is 10.6 Å². The minimum Gasteiger partial charge on any atom is -0.396 e. The number of rotatable bonds is 3. The number of amides is 1. The molecule has 2 aromatic rings. The average Bonchev–Trinajstić information content (AvgIpc) is 2.77. The molecule has 0 unspecified atom stereocenters. The van der Waals surface area contributed by atoms with Gasteiger partial charge in [0.25, 0.3) is 5.91 Å². The van der Waals surface area contributed by atoms with Crippen molar-refractivity contribution in [2.45, 2.75) is 13.5 Å². The topological polar surface area (TPSA) is 59.2 Å². The molecule has 19 heavy (non-hydrogen) atoms. The Hall–Kier alpha value is -1.95. The highest BCUT2D eigenvalue weighted by Crippen LogP contribution is 2.17. The number of benzene rings is 1. The van der Waals surface area contributed by atoms with E-state index >= 15 is 0 Å². The van der Waals surface area contributed by atoms with Gasteiger partial charge in [-0.25, -0.2) is 9.37 Å². The molecule has 0 atom stereocenters. The van der Waals surface area contributed by atoms with Crippen LogP contribution in [0.3, 0.4) is 0 Å². The van der Waals surface area contributed by atoms with Crippen molar-refractivity contribution in [2.75, 3.05) is 12.8 Å². The molecule has 2 N–H and O–H groups in total. The summed E-state index contributed by atoms with van der Waals surface area (Å²) in [5.74, 6) is -0.711. The first-order chi connectivity index (χ1) is 8.99. The fourth-order valence-corrected chi connectivity index (χ4v) is 2.49. The van der Waals surface area contributed by atoms with Crippen LogP contribution in [0.5, 0.6) is 0 Å². The quantitative estimate of drug-likeness (QED) is 0.878. The van der Waals surface area contributed by atoms with Crippen molar-refractivity contribution in [3.63, 3.8) is 0 Å². The molecule has 1 aromatic heterocycles. The third-order valence-electron chi connectivity index (χ3n) is 2.82. The first-order valence-corrected chi connectivity index (χ1v) is 6.56. The van der Waals surface area contributed by atoms with Crippen LogP contribution in [0.2, 0.25) is 0 Å². The maximum Gasteiger partial charge on any atom is 0.254 e. The summed E-state index contributed by atoms with van der Waals surface area (Å²) in [7, 11) is 1.70. The fourth-order valence-electron chi connectivity index (χ4n) is 1.66. The number of nitrogen functional groups attached to an aromatic ring is 1. The number of carbonyl (C=O) groups is 1. The molecule has 0 aliphatic heterocycles. The van der Waals surface area contributed by atoms with Crippen molar-refractivity contribution in [1.29, 1.82) is 0 Å². The lowest BCUT2D eigenvalue weighted by Gasteiger charge is -2.17.